The van der Waals surface area contributed by atoms with Crippen LogP contribution in [0.15, 0.2) is 41.3 Å². The molecule has 0 aliphatic carbocycles. The van der Waals surface area contributed by atoms with E-state index >= 15 is 0 Å². The molecule has 8 heteroatoms. The predicted octanol–water partition coefficient (Wildman–Crippen LogP) is 4.27. The molecule has 0 saturated carbocycles. The summed E-state index contributed by atoms with van der Waals surface area (Å²) >= 11 is 6.12. The molecule has 1 aliphatic rings. The monoisotopic (exact) mass is 456 g/mol. The number of hydrogen-bond donors (Lipinski definition) is 0. The molecule has 7 nitrogen and oxygen atoms in total. The second-order valence-electron chi connectivity index (χ2n) is 8.44. The lowest BCUT2D eigenvalue weighted by Gasteiger charge is -2.22. The minimum atomic E-state index is -0.738. The third-order valence-electron chi connectivity index (χ3n) is 4.86. The fraction of sp³-hybridized carbons (Fsp3) is 0.375. The normalized spacial score (nSPS) is 16.5. The molecule has 0 spiro atoms. The number of aromatic nitrogens is 1. The van der Waals surface area contributed by atoms with E-state index in [-0.39, 0.29) is 11.6 Å². The average Bonchev–Trinajstić information content (AvgIpc) is 3.24. The molecular weight excluding hydrogens is 432 g/mol. The van der Waals surface area contributed by atoms with E-state index in [1.54, 1.807) is 45.0 Å². The topological polar surface area (TPSA) is 90.5 Å². The van der Waals surface area contributed by atoms with Gasteiger partial charge in [-0.1, -0.05) is 11.6 Å². The first kappa shape index (κ1) is 23.6. The van der Waals surface area contributed by atoms with Crippen LogP contribution in [-0.4, -0.2) is 36.5 Å². The first-order valence-corrected chi connectivity index (χ1v) is 10.5. The van der Waals surface area contributed by atoms with Gasteiger partial charge < -0.3 is 14.2 Å². The highest BCUT2D eigenvalue weighted by molar-refractivity contribution is 6.31. The van der Waals surface area contributed by atoms with E-state index in [0.29, 0.717) is 40.7 Å². The lowest BCUT2D eigenvalue weighted by molar-refractivity contribution is -0.147. The fourth-order valence-corrected chi connectivity index (χ4v) is 3.57. The SMILES string of the molecule is COc1cn(C(=CC2CCOC2)C(=O)OC(C)(C)C)c(=O)cc1-c1cc(Cl)ccc1C#N. The third-order valence-corrected chi connectivity index (χ3v) is 5.09. The standard InChI is InChI=1S/C24H25ClN2O5/c1-24(2,3)32-23(29)20(9-15-7-8-31-14-15)27-13-21(30-4)19(11-22(27)28)18-10-17(25)6-5-16(18)12-26/h5-6,9-11,13,15H,7-8,14H2,1-4H3. The Bertz CT molecular complexity index is 1150. The Labute approximate surface area is 191 Å². The number of nitriles is 1. The van der Waals surface area contributed by atoms with Crippen molar-refractivity contribution in [1.29, 1.82) is 5.26 Å². The second kappa shape index (κ2) is 9.60. The Morgan fingerprint density at radius 3 is 2.66 bits per heavy atom. The molecule has 1 fully saturated rings. The number of benzene rings is 1. The molecule has 2 heterocycles. The van der Waals surface area contributed by atoms with Crippen molar-refractivity contribution < 1.29 is 19.0 Å². The van der Waals surface area contributed by atoms with Crippen LogP contribution in [-0.2, 0) is 14.3 Å². The van der Waals surface area contributed by atoms with Gasteiger partial charge in [0.15, 0.2) is 0 Å². The Morgan fingerprint density at radius 1 is 1.31 bits per heavy atom. The summed E-state index contributed by atoms with van der Waals surface area (Å²) in [6.45, 7) is 6.33. The number of carbonyl (C=O) groups excluding carboxylic acids is 1. The first-order valence-electron chi connectivity index (χ1n) is 10.2. The molecular formula is C24H25ClN2O5. The number of methoxy groups -OCH3 is 1. The summed E-state index contributed by atoms with van der Waals surface area (Å²) in [6.07, 6.45) is 3.89. The van der Waals surface area contributed by atoms with Crippen LogP contribution in [0.25, 0.3) is 16.8 Å². The van der Waals surface area contributed by atoms with Crippen LogP contribution in [0.2, 0.25) is 5.02 Å². The summed E-state index contributed by atoms with van der Waals surface area (Å²) in [5.41, 5.74) is 0.0976. The van der Waals surface area contributed by atoms with Crippen molar-refractivity contribution in [1.82, 2.24) is 4.57 Å². The molecule has 3 rings (SSSR count). The maximum absolute atomic E-state index is 13.2. The zero-order valence-electron chi connectivity index (χ0n) is 18.5. The molecule has 1 saturated heterocycles. The van der Waals surface area contributed by atoms with Crippen LogP contribution in [0.1, 0.15) is 32.8 Å². The van der Waals surface area contributed by atoms with Crippen LogP contribution < -0.4 is 10.3 Å². The van der Waals surface area contributed by atoms with Crippen molar-refractivity contribution >= 4 is 23.3 Å². The minimum absolute atomic E-state index is 0.0202. The highest BCUT2D eigenvalue weighted by atomic mass is 35.5. The van der Waals surface area contributed by atoms with Gasteiger partial charge in [-0.2, -0.15) is 5.26 Å². The molecule has 32 heavy (non-hydrogen) atoms. The number of esters is 1. The molecule has 1 aromatic heterocycles. The number of rotatable bonds is 5. The van der Waals surface area contributed by atoms with Crippen LogP contribution in [0.4, 0.5) is 0 Å². The van der Waals surface area contributed by atoms with Gasteiger partial charge >= 0.3 is 5.97 Å². The van der Waals surface area contributed by atoms with Gasteiger partial charge in [0.25, 0.3) is 5.56 Å². The lowest BCUT2D eigenvalue weighted by Crippen LogP contribution is -2.30. The molecule has 168 valence electrons. The smallest absolute Gasteiger partial charge is 0.355 e. The van der Waals surface area contributed by atoms with Gasteiger partial charge in [0, 0.05) is 34.7 Å². The predicted molar refractivity (Wildman–Crippen MR) is 121 cm³/mol. The summed E-state index contributed by atoms with van der Waals surface area (Å²) in [4.78, 5) is 26.2. The van der Waals surface area contributed by atoms with Gasteiger partial charge in [-0.25, -0.2) is 4.79 Å². The van der Waals surface area contributed by atoms with Crippen molar-refractivity contribution in [3.05, 3.63) is 57.5 Å². The largest absolute Gasteiger partial charge is 0.495 e. The second-order valence-corrected chi connectivity index (χ2v) is 8.88. The van der Waals surface area contributed by atoms with E-state index in [9.17, 15) is 14.9 Å². The molecule has 0 N–H and O–H groups in total. The Morgan fingerprint density at radius 2 is 2.06 bits per heavy atom. The van der Waals surface area contributed by atoms with Gasteiger partial charge in [-0.15, -0.1) is 0 Å². The number of nitrogens with zero attached hydrogens (tertiary/aromatic N) is 2. The first-order chi connectivity index (χ1) is 15.1. The van der Waals surface area contributed by atoms with Crippen LogP contribution in [0, 0.1) is 17.2 Å². The molecule has 0 radical (unpaired) electrons. The van der Waals surface area contributed by atoms with Crippen molar-refractivity contribution in [2.75, 3.05) is 20.3 Å². The summed E-state index contributed by atoms with van der Waals surface area (Å²) in [6, 6.07) is 8.21. The van der Waals surface area contributed by atoms with Crippen LogP contribution in [0.5, 0.6) is 5.75 Å². The van der Waals surface area contributed by atoms with Crippen molar-refractivity contribution in [3.63, 3.8) is 0 Å². The number of ether oxygens (including phenoxy) is 3. The highest BCUT2D eigenvalue weighted by Crippen LogP contribution is 2.33. The minimum Gasteiger partial charge on any atom is -0.495 e. The lowest BCUT2D eigenvalue weighted by atomic mass is 10.0. The number of carbonyl (C=O) groups is 1. The van der Waals surface area contributed by atoms with Crippen LogP contribution >= 0.6 is 11.6 Å². The zero-order chi connectivity index (χ0) is 23.5. The van der Waals surface area contributed by atoms with Gasteiger partial charge in [0.2, 0.25) is 0 Å². The quantitative estimate of drug-likeness (QED) is 0.493. The molecule has 2 aromatic rings. The van der Waals surface area contributed by atoms with E-state index in [2.05, 4.69) is 6.07 Å². The van der Waals surface area contributed by atoms with E-state index in [4.69, 9.17) is 25.8 Å². The Balaban J connectivity index is 2.17. The Kier molecular flexibility index (Phi) is 7.07. The number of hydrogen-bond acceptors (Lipinski definition) is 6. The highest BCUT2D eigenvalue weighted by Gasteiger charge is 2.26. The van der Waals surface area contributed by atoms with Crippen molar-refractivity contribution in [3.8, 4) is 22.9 Å². The summed E-state index contributed by atoms with van der Waals surface area (Å²) in [5, 5.41) is 9.90. The maximum Gasteiger partial charge on any atom is 0.355 e. The summed E-state index contributed by atoms with van der Waals surface area (Å²) in [7, 11) is 1.45. The molecule has 1 aromatic carbocycles. The molecule has 0 bridgehead atoms. The fourth-order valence-electron chi connectivity index (χ4n) is 3.40. The van der Waals surface area contributed by atoms with Gasteiger partial charge in [0.05, 0.1) is 31.5 Å². The number of pyridine rings is 1. The van der Waals surface area contributed by atoms with E-state index in [1.165, 1.54) is 23.9 Å². The summed E-state index contributed by atoms with van der Waals surface area (Å²) < 4.78 is 17.7. The molecule has 1 unspecified atom stereocenters. The van der Waals surface area contributed by atoms with Gasteiger partial charge in [-0.3, -0.25) is 9.36 Å². The van der Waals surface area contributed by atoms with Crippen LogP contribution in [0.3, 0.4) is 0 Å². The van der Waals surface area contributed by atoms with E-state index in [0.717, 1.165) is 6.42 Å². The summed E-state index contributed by atoms with van der Waals surface area (Å²) in [5.74, 6) is -0.338. The number of halogens is 1. The van der Waals surface area contributed by atoms with Crippen molar-refractivity contribution in [2.45, 2.75) is 32.8 Å². The van der Waals surface area contributed by atoms with E-state index < -0.39 is 17.1 Å². The van der Waals surface area contributed by atoms with Crippen molar-refractivity contribution in [2.24, 2.45) is 5.92 Å². The third kappa shape index (κ3) is 5.39. The Hall–Kier alpha value is -3.08. The maximum atomic E-state index is 13.2. The van der Waals surface area contributed by atoms with Gasteiger partial charge in [-0.05, 0) is 51.5 Å². The zero-order valence-corrected chi connectivity index (χ0v) is 19.2. The van der Waals surface area contributed by atoms with E-state index in [1.807, 2.05) is 0 Å². The molecule has 0 amide bonds. The average molecular weight is 457 g/mol. The molecule has 1 aliphatic heterocycles. The van der Waals surface area contributed by atoms with Gasteiger partial charge in [0.1, 0.15) is 17.0 Å². The molecule has 1 atom stereocenters.